The fraction of sp³-hybridized carbons (Fsp3) is 0.442. The molecule has 6 aliphatic carbocycles. The van der Waals surface area contributed by atoms with E-state index in [2.05, 4.69) is 67.3 Å². The molecule has 3 saturated carbocycles. The first-order valence-corrected chi connectivity index (χ1v) is 21.6. The molecule has 3 N–H and O–H groups in total. The third-order valence-corrected chi connectivity index (χ3v) is 15.8. The predicted octanol–water partition coefficient (Wildman–Crippen LogP) is 9.21. The van der Waals surface area contributed by atoms with E-state index >= 15 is 4.79 Å². The highest BCUT2D eigenvalue weighted by molar-refractivity contribution is 6.14. The summed E-state index contributed by atoms with van der Waals surface area (Å²) in [7, 11) is 0. The summed E-state index contributed by atoms with van der Waals surface area (Å²) in [6, 6.07) is 38.6. The van der Waals surface area contributed by atoms with Crippen LogP contribution in [0.15, 0.2) is 139 Å². The molecule has 2 spiro atoms. The monoisotopic (exact) mass is 777 g/mol. The lowest BCUT2D eigenvalue weighted by atomic mass is 9.32. The van der Waals surface area contributed by atoms with Crippen molar-refractivity contribution in [3.63, 3.8) is 0 Å². The number of aliphatic hydroxyl groups is 3. The van der Waals surface area contributed by atoms with Gasteiger partial charge in [-0.1, -0.05) is 147 Å². The molecule has 302 valence electrons. The van der Waals surface area contributed by atoms with Gasteiger partial charge >= 0.3 is 0 Å². The molecule has 0 amide bonds. The van der Waals surface area contributed by atoms with Crippen molar-refractivity contribution in [2.45, 2.75) is 89.8 Å². The highest BCUT2D eigenvalue weighted by Crippen LogP contribution is 2.78. The molecule has 3 fully saturated rings. The van der Waals surface area contributed by atoms with E-state index in [0.29, 0.717) is 44.6 Å². The zero-order valence-electron chi connectivity index (χ0n) is 34.1. The third kappa shape index (κ3) is 6.38. The molecule has 1 unspecified atom stereocenters. The standard InChI is InChI=1S/C52H59NO5/c1-48-25-22-40(54)30-50(48)28-29-52(44(31-50)47(56)43-21-13-12-20-42(43)39-18-10-5-11-19-39)45(48)23-26-49(2)46(52)24-27-51(49,57)36-53(32-37-14-6-3-7-15-37)33-41(55)35-58-34-38-16-8-4-9-17-38/h3-21,28-29,31,40-41,45-46,54-55,57H,22-27,30,32-36H2,1-2H3/t40?,41-,45-,46-,48-,49+,50+,51-,52-/m1/s1. The predicted molar refractivity (Wildman–Crippen MR) is 229 cm³/mol. The minimum atomic E-state index is -1.06. The molecule has 9 atom stereocenters. The average Bonchev–Trinajstić information content (AvgIpc) is 3.51. The Labute approximate surface area is 344 Å². The zero-order chi connectivity index (χ0) is 40.2. The number of nitrogens with zero attached hydrogens (tertiary/aromatic N) is 1. The Morgan fingerprint density at radius 1 is 0.776 bits per heavy atom. The quantitative estimate of drug-likeness (QED) is 0.0927. The van der Waals surface area contributed by atoms with E-state index < -0.39 is 34.1 Å². The van der Waals surface area contributed by atoms with Crippen LogP contribution in [0.2, 0.25) is 0 Å². The van der Waals surface area contributed by atoms with Crippen molar-refractivity contribution in [3.05, 3.63) is 156 Å². The SMILES string of the molecule is C[C@]12CC[C@H]3[C@]4(C=C[C@@]5(C=C4C(=O)c4ccccc4-c4ccccc4)CC(O)CC[C@]35C)[C@@H]1CC[C@@]2(O)CN(Cc1ccccc1)C[C@@H](O)COCc1ccccc1. The van der Waals surface area contributed by atoms with Crippen LogP contribution in [-0.2, 0) is 17.9 Å². The molecular formula is C52H59NO5. The number of hydrogen-bond acceptors (Lipinski definition) is 6. The van der Waals surface area contributed by atoms with Gasteiger partial charge in [0.15, 0.2) is 5.78 Å². The van der Waals surface area contributed by atoms with Crippen LogP contribution < -0.4 is 0 Å². The van der Waals surface area contributed by atoms with E-state index in [9.17, 15) is 15.3 Å². The fourth-order valence-corrected chi connectivity index (χ4v) is 12.9. The number of carbonyl (C=O) groups excluding carboxylic acids is 1. The lowest BCUT2D eigenvalue weighted by molar-refractivity contribution is -0.177. The van der Waals surface area contributed by atoms with Gasteiger partial charge in [0.25, 0.3) is 0 Å². The smallest absolute Gasteiger partial charge is 0.190 e. The van der Waals surface area contributed by atoms with Crippen molar-refractivity contribution in [2.24, 2.45) is 33.5 Å². The number of benzene rings is 4. The molecule has 6 heteroatoms. The minimum Gasteiger partial charge on any atom is -0.393 e. The lowest BCUT2D eigenvalue weighted by Crippen LogP contribution is -2.67. The van der Waals surface area contributed by atoms with E-state index in [1.165, 1.54) is 0 Å². The lowest BCUT2D eigenvalue weighted by Gasteiger charge is -2.71. The number of aliphatic hydroxyl groups excluding tert-OH is 2. The van der Waals surface area contributed by atoms with Crippen LogP contribution in [0.3, 0.4) is 0 Å². The van der Waals surface area contributed by atoms with E-state index in [1.807, 2.05) is 84.9 Å². The second-order valence-corrected chi connectivity index (χ2v) is 18.9. The van der Waals surface area contributed by atoms with Crippen LogP contribution in [0.1, 0.15) is 80.3 Å². The summed E-state index contributed by atoms with van der Waals surface area (Å²) in [5.41, 5.74) is 3.07. The summed E-state index contributed by atoms with van der Waals surface area (Å²) in [5.74, 6) is 0.299. The van der Waals surface area contributed by atoms with Gasteiger partial charge in [0.05, 0.1) is 31.0 Å². The van der Waals surface area contributed by atoms with Crippen LogP contribution in [0.5, 0.6) is 0 Å². The molecule has 0 saturated heterocycles. The van der Waals surface area contributed by atoms with Crippen LogP contribution in [0.25, 0.3) is 11.1 Å². The van der Waals surface area contributed by atoms with Gasteiger partial charge in [-0.15, -0.1) is 0 Å². The Kier molecular flexibility index (Phi) is 10.3. The van der Waals surface area contributed by atoms with Crippen molar-refractivity contribution < 1.29 is 24.9 Å². The number of ether oxygens (including phenoxy) is 1. The number of allylic oxidation sites excluding steroid dienone is 4. The van der Waals surface area contributed by atoms with E-state index in [4.69, 9.17) is 4.74 Å². The number of fused-ring (bicyclic) bond motifs is 1. The van der Waals surface area contributed by atoms with Gasteiger partial charge in [0.1, 0.15) is 0 Å². The fourth-order valence-electron chi connectivity index (χ4n) is 12.9. The highest BCUT2D eigenvalue weighted by Gasteiger charge is 2.74. The summed E-state index contributed by atoms with van der Waals surface area (Å²) in [4.78, 5) is 17.8. The van der Waals surface area contributed by atoms with Gasteiger partial charge in [-0.2, -0.15) is 0 Å². The Morgan fingerprint density at radius 3 is 2.14 bits per heavy atom. The maximum absolute atomic E-state index is 15.5. The summed E-state index contributed by atoms with van der Waals surface area (Å²) >= 11 is 0. The van der Waals surface area contributed by atoms with Crippen molar-refractivity contribution >= 4 is 5.78 Å². The van der Waals surface area contributed by atoms with Crippen molar-refractivity contribution in [1.29, 1.82) is 0 Å². The Hall–Kier alpha value is -4.17. The number of ketones is 1. The maximum Gasteiger partial charge on any atom is 0.190 e. The molecule has 58 heavy (non-hydrogen) atoms. The Morgan fingerprint density at radius 2 is 1.40 bits per heavy atom. The number of rotatable bonds is 13. The number of hydrogen-bond donors (Lipinski definition) is 3. The Bertz CT molecular complexity index is 2170. The van der Waals surface area contributed by atoms with Crippen molar-refractivity contribution in [2.75, 3.05) is 19.7 Å². The first-order valence-electron chi connectivity index (χ1n) is 21.6. The van der Waals surface area contributed by atoms with Gasteiger partial charge in [-0.25, -0.2) is 0 Å². The van der Waals surface area contributed by atoms with Crippen molar-refractivity contribution in [3.8, 4) is 11.1 Å². The average molecular weight is 778 g/mol. The van der Waals surface area contributed by atoms with Gasteiger partial charge in [-0.05, 0) is 84.5 Å². The van der Waals surface area contributed by atoms with E-state index in [1.54, 1.807) is 0 Å². The number of carbonyl (C=O) groups is 1. The van der Waals surface area contributed by atoms with Gasteiger partial charge in [0.2, 0.25) is 0 Å². The van der Waals surface area contributed by atoms with Gasteiger partial charge < -0.3 is 20.1 Å². The van der Waals surface area contributed by atoms with Gasteiger partial charge in [0, 0.05) is 47.0 Å². The molecule has 6 aliphatic rings. The highest BCUT2D eigenvalue weighted by atomic mass is 16.5. The molecule has 0 radical (unpaired) electrons. The van der Waals surface area contributed by atoms with Crippen LogP contribution >= 0.6 is 0 Å². The molecule has 2 bridgehead atoms. The van der Waals surface area contributed by atoms with Crippen LogP contribution in [0.4, 0.5) is 0 Å². The van der Waals surface area contributed by atoms with Crippen molar-refractivity contribution in [1.82, 2.24) is 4.90 Å². The minimum absolute atomic E-state index is 0.0266. The first kappa shape index (κ1) is 39.3. The van der Waals surface area contributed by atoms with Gasteiger partial charge in [-0.3, -0.25) is 9.69 Å². The first-order chi connectivity index (χ1) is 28.0. The van der Waals surface area contributed by atoms with E-state index in [-0.39, 0.29) is 29.6 Å². The summed E-state index contributed by atoms with van der Waals surface area (Å²) in [6.45, 7) is 6.73. The summed E-state index contributed by atoms with van der Waals surface area (Å²) < 4.78 is 5.99. The molecule has 0 heterocycles. The molecule has 0 aliphatic heterocycles. The molecule has 0 aromatic heterocycles. The number of Topliss-reactive ketones (excluding diaryl/α,β-unsaturated/α-hetero) is 1. The third-order valence-electron chi connectivity index (χ3n) is 15.8. The largest absolute Gasteiger partial charge is 0.393 e. The second kappa shape index (κ2) is 15.1. The summed E-state index contributed by atoms with van der Waals surface area (Å²) in [6.07, 6.45) is 11.4. The normalized spacial score (nSPS) is 33.9. The van der Waals surface area contributed by atoms with E-state index in [0.717, 1.165) is 59.9 Å². The molecule has 4 aromatic carbocycles. The Balaban J connectivity index is 1.07. The topological polar surface area (TPSA) is 90.2 Å². The second-order valence-electron chi connectivity index (χ2n) is 18.9. The van der Waals surface area contributed by atoms with Crippen LogP contribution in [-0.4, -0.2) is 63.5 Å². The summed E-state index contributed by atoms with van der Waals surface area (Å²) in [5, 5.41) is 35.9. The zero-order valence-corrected chi connectivity index (χ0v) is 34.1. The maximum atomic E-state index is 15.5. The van der Waals surface area contributed by atoms with Crippen LogP contribution in [0, 0.1) is 33.5 Å². The molecule has 4 aromatic rings. The molecule has 6 nitrogen and oxygen atoms in total. The molecular weight excluding hydrogens is 719 g/mol. The molecule has 10 rings (SSSR count).